The van der Waals surface area contributed by atoms with E-state index in [1.807, 2.05) is 6.92 Å². The molecule has 0 rings (SSSR count). The number of ether oxygens (including phenoxy) is 3. The van der Waals surface area contributed by atoms with Gasteiger partial charge in [-0.1, -0.05) is 29.5 Å². The van der Waals surface area contributed by atoms with E-state index in [-0.39, 0.29) is 3.92 Å². The van der Waals surface area contributed by atoms with E-state index in [1.54, 1.807) is 0 Å². The lowest BCUT2D eigenvalue weighted by molar-refractivity contribution is -0.192. The minimum absolute atomic E-state index is 0.104. The lowest BCUT2D eigenvalue weighted by Crippen LogP contribution is -2.50. The zero-order valence-corrected chi connectivity index (χ0v) is 15.5. The van der Waals surface area contributed by atoms with Crippen LogP contribution in [0.1, 0.15) is 41.0 Å². The van der Waals surface area contributed by atoms with Crippen molar-refractivity contribution in [3.63, 3.8) is 0 Å². The minimum Gasteiger partial charge on any atom is -0.458 e. The highest BCUT2D eigenvalue weighted by molar-refractivity contribution is 14.1. The molecule has 0 amide bonds. The lowest BCUT2D eigenvalue weighted by Gasteiger charge is -2.33. The van der Waals surface area contributed by atoms with Crippen LogP contribution >= 0.6 is 22.6 Å². The molecule has 0 aliphatic carbocycles. The second kappa shape index (κ2) is 9.98. The van der Waals surface area contributed by atoms with Gasteiger partial charge in [-0.25, -0.2) is 0 Å². The van der Waals surface area contributed by atoms with Crippen LogP contribution < -0.4 is 0 Å². The van der Waals surface area contributed by atoms with Gasteiger partial charge < -0.3 is 19.3 Å². The molecule has 0 saturated carbocycles. The molecule has 7 nitrogen and oxygen atoms in total. The van der Waals surface area contributed by atoms with Crippen LogP contribution in [0.4, 0.5) is 0 Å². The van der Waals surface area contributed by atoms with Crippen LogP contribution in [0.5, 0.6) is 0 Å². The summed E-state index contributed by atoms with van der Waals surface area (Å²) in [6, 6.07) is 0. The molecule has 0 aromatic rings. The number of alkyl halides is 1. The molecule has 0 radical (unpaired) electrons. The van der Waals surface area contributed by atoms with Crippen molar-refractivity contribution in [1.82, 2.24) is 0 Å². The summed E-state index contributed by atoms with van der Waals surface area (Å²) in [6.07, 6.45) is -3.76. The van der Waals surface area contributed by atoms with Crippen molar-refractivity contribution in [2.75, 3.05) is 0 Å². The van der Waals surface area contributed by atoms with E-state index in [0.29, 0.717) is 6.42 Å². The summed E-state index contributed by atoms with van der Waals surface area (Å²) in [7, 11) is 0. The topological polar surface area (TPSA) is 99.1 Å². The molecule has 0 aromatic heterocycles. The zero-order chi connectivity index (χ0) is 17.4. The van der Waals surface area contributed by atoms with E-state index in [1.165, 1.54) is 27.7 Å². The summed E-state index contributed by atoms with van der Waals surface area (Å²) >= 11 is 2.14. The van der Waals surface area contributed by atoms with Gasteiger partial charge in [0.2, 0.25) is 0 Å². The summed E-state index contributed by atoms with van der Waals surface area (Å²) in [5, 5.41) is 9.85. The number of esters is 3. The Bertz CT molecular complexity index is 395. The van der Waals surface area contributed by atoms with Crippen LogP contribution in [0, 0.1) is 0 Å². The molecule has 0 spiro atoms. The fourth-order valence-electron chi connectivity index (χ4n) is 1.96. The van der Waals surface area contributed by atoms with Gasteiger partial charge in [0.25, 0.3) is 0 Å². The predicted octanol–water partition coefficient (Wildman–Crippen LogP) is 1.38. The fourth-order valence-corrected chi connectivity index (χ4v) is 2.46. The Morgan fingerprint density at radius 3 is 1.64 bits per heavy atom. The van der Waals surface area contributed by atoms with E-state index >= 15 is 0 Å². The van der Waals surface area contributed by atoms with Gasteiger partial charge in [-0.2, -0.15) is 0 Å². The first-order valence-electron chi connectivity index (χ1n) is 6.88. The van der Waals surface area contributed by atoms with Gasteiger partial charge in [0, 0.05) is 24.7 Å². The summed E-state index contributed by atoms with van der Waals surface area (Å²) in [5.41, 5.74) is 0. The molecule has 5 atom stereocenters. The third-order valence-electron chi connectivity index (χ3n) is 2.64. The molecule has 0 bridgehead atoms. The maximum Gasteiger partial charge on any atom is 0.303 e. The third-order valence-corrected chi connectivity index (χ3v) is 3.15. The number of carbonyl (C=O) groups excluding carboxylic acids is 3. The molecule has 0 aliphatic rings. The summed E-state index contributed by atoms with van der Waals surface area (Å²) < 4.78 is 15.6. The van der Waals surface area contributed by atoms with Crippen LogP contribution in [-0.4, -0.2) is 51.4 Å². The SMILES string of the molecule is CC(=O)O[C@H]([C@H](OC(C)=O)[C@H](C)O)[C@@H](CC(C)I)OC(C)=O. The molecule has 0 heterocycles. The molecule has 128 valence electrons. The second-order valence-electron chi connectivity index (χ2n) is 5.05. The highest BCUT2D eigenvalue weighted by atomic mass is 127. The summed E-state index contributed by atoms with van der Waals surface area (Å²) in [4.78, 5) is 33.9. The average molecular weight is 430 g/mol. The number of aliphatic hydroxyl groups excluding tert-OH is 1. The van der Waals surface area contributed by atoms with E-state index in [4.69, 9.17) is 14.2 Å². The van der Waals surface area contributed by atoms with Gasteiger partial charge >= 0.3 is 17.9 Å². The first-order chi connectivity index (χ1) is 10.0. The van der Waals surface area contributed by atoms with Crippen molar-refractivity contribution in [1.29, 1.82) is 0 Å². The molecule has 0 aromatic carbocycles. The van der Waals surface area contributed by atoms with Gasteiger partial charge in [-0.3, -0.25) is 14.4 Å². The van der Waals surface area contributed by atoms with Crippen LogP contribution in [0.15, 0.2) is 0 Å². The monoisotopic (exact) mass is 430 g/mol. The van der Waals surface area contributed by atoms with E-state index in [0.717, 1.165) is 0 Å². The Morgan fingerprint density at radius 1 is 0.909 bits per heavy atom. The molecule has 1 N–H and O–H groups in total. The number of rotatable bonds is 8. The number of halogens is 1. The summed E-state index contributed by atoms with van der Waals surface area (Å²) in [6.45, 7) is 6.91. The van der Waals surface area contributed by atoms with Crippen LogP contribution in [-0.2, 0) is 28.6 Å². The largest absolute Gasteiger partial charge is 0.458 e. The van der Waals surface area contributed by atoms with Gasteiger partial charge in [0.05, 0.1) is 6.10 Å². The van der Waals surface area contributed by atoms with Crippen LogP contribution in [0.3, 0.4) is 0 Å². The van der Waals surface area contributed by atoms with E-state index in [9.17, 15) is 19.5 Å². The van der Waals surface area contributed by atoms with Crippen LogP contribution in [0.2, 0.25) is 0 Å². The molecule has 22 heavy (non-hydrogen) atoms. The van der Waals surface area contributed by atoms with Crippen molar-refractivity contribution in [2.45, 2.75) is 69.4 Å². The van der Waals surface area contributed by atoms with Gasteiger partial charge in [-0.15, -0.1) is 0 Å². The second-order valence-corrected chi connectivity index (χ2v) is 7.18. The maximum absolute atomic E-state index is 11.4. The third kappa shape index (κ3) is 8.52. The van der Waals surface area contributed by atoms with Crippen molar-refractivity contribution in [3.8, 4) is 0 Å². The Morgan fingerprint density at radius 2 is 1.32 bits per heavy atom. The molecule has 0 fully saturated rings. The minimum atomic E-state index is -1.12. The van der Waals surface area contributed by atoms with Crippen molar-refractivity contribution < 1.29 is 33.7 Å². The van der Waals surface area contributed by atoms with Crippen molar-refractivity contribution in [2.24, 2.45) is 0 Å². The Kier molecular flexibility index (Phi) is 9.58. The van der Waals surface area contributed by atoms with Crippen molar-refractivity contribution >= 4 is 40.5 Å². The molecular weight excluding hydrogens is 407 g/mol. The Balaban J connectivity index is 5.50. The number of aliphatic hydroxyl groups is 1. The quantitative estimate of drug-likeness (QED) is 0.269. The fraction of sp³-hybridized carbons (Fsp3) is 0.786. The molecule has 8 heteroatoms. The van der Waals surface area contributed by atoms with Crippen molar-refractivity contribution in [3.05, 3.63) is 0 Å². The zero-order valence-electron chi connectivity index (χ0n) is 13.4. The number of hydrogen-bond acceptors (Lipinski definition) is 7. The Labute approximate surface area is 143 Å². The molecule has 1 unspecified atom stereocenters. The molecular formula is C14H23IO7. The molecule has 0 aliphatic heterocycles. The van der Waals surface area contributed by atoms with Gasteiger partial charge in [0.1, 0.15) is 6.10 Å². The van der Waals surface area contributed by atoms with E-state index < -0.39 is 42.3 Å². The predicted molar refractivity (Wildman–Crippen MR) is 86.4 cm³/mol. The molecule has 0 saturated heterocycles. The average Bonchev–Trinajstić information content (AvgIpc) is 2.30. The highest BCUT2D eigenvalue weighted by Crippen LogP contribution is 2.22. The van der Waals surface area contributed by atoms with Gasteiger partial charge in [-0.05, 0) is 13.3 Å². The number of hydrogen-bond donors (Lipinski definition) is 1. The first kappa shape index (κ1) is 21.1. The van der Waals surface area contributed by atoms with E-state index in [2.05, 4.69) is 22.6 Å². The normalized spacial score (nSPS) is 17.6. The number of carbonyl (C=O) groups is 3. The van der Waals surface area contributed by atoms with Gasteiger partial charge in [0.15, 0.2) is 12.2 Å². The smallest absolute Gasteiger partial charge is 0.303 e. The standard InChI is InChI=1S/C14H23IO7/c1-7(15)6-12(20-9(3)17)14(22-11(5)19)13(8(2)16)21-10(4)18/h7-8,12-14,16H,6H2,1-5H3/t7?,8-,12+,13+,14-/m0/s1. The first-order valence-corrected chi connectivity index (χ1v) is 8.13. The maximum atomic E-state index is 11.4. The highest BCUT2D eigenvalue weighted by Gasteiger charge is 2.39. The lowest BCUT2D eigenvalue weighted by atomic mass is 9.99. The van der Waals surface area contributed by atoms with Crippen LogP contribution in [0.25, 0.3) is 0 Å². The summed E-state index contributed by atoms with van der Waals surface area (Å²) in [5.74, 6) is -1.81. The Hall–Kier alpha value is -0.900.